The van der Waals surface area contributed by atoms with Crippen molar-refractivity contribution in [2.24, 2.45) is 0 Å². The van der Waals surface area contributed by atoms with Crippen molar-refractivity contribution in [1.82, 2.24) is 5.32 Å². The Balaban J connectivity index is 1.94. The number of anilines is 1. The van der Waals surface area contributed by atoms with E-state index in [4.69, 9.17) is 16.3 Å². The minimum absolute atomic E-state index is 0.169. The van der Waals surface area contributed by atoms with E-state index in [9.17, 15) is 14.4 Å². The number of imide groups is 2. The highest BCUT2D eigenvalue weighted by atomic mass is 79.9. The van der Waals surface area contributed by atoms with Gasteiger partial charge in [0, 0.05) is 15.1 Å². The molecule has 1 N–H and O–H groups in total. The van der Waals surface area contributed by atoms with Gasteiger partial charge in [-0.15, -0.1) is 0 Å². The van der Waals surface area contributed by atoms with Crippen molar-refractivity contribution in [3.8, 4) is 5.75 Å². The lowest BCUT2D eigenvalue weighted by Crippen LogP contribution is -2.54. The molecule has 2 aromatic rings. The summed E-state index contributed by atoms with van der Waals surface area (Å²) >= 11 is 9.59. The normalized spacial score (nSPS) is 15.3. The molecule has 4 amide bonds. The molecule has 0 aromatic heterocycles. The highest BCUT2D eigenvalue weighted by Gasteiger charge is 2.37. The third kappa shape index (κ3) is 5.40. The fourth-order valence-corrected chi connectivity index (χ4v) is 3.89. The number of nitrogens with one attached hydrogen (secondary N) is 1. The molecule has 1 aliphatic rings. The molecule has 0 saturated carbocycles. The summed E-state index contributed by atoms with van der Waals surface area (Å²) in [6, 6.07) is 9.48. The molecule has 6 nitrogen and oxygen atoms in total. The Labute approximate surface area is 200 Å². The molecule has 0 bridgehead atoms. The van der Waals surface area contributed by atoms with Gasteiger partial charge in [-0.3, -0.25) is 14.9 Å². The van der Waals surface area contributed by atoms with Gasteiger partial charge in [0.1, 0.15) is 11.3 Å². The number of carbonyl (C=O) groups excluding carboxylic acids is 3. The van der Waals surface area contributed by atoms with E-state index >= 15 is 0 Å². The van der Waals surface area contributed by atoms with Crippen LogP contribution in [0.3, 0.4) is 0 Å². The van der Waals surface area contributed by atoms with Crippen LogP contribution in [-0.4, -0.2) is 24.5 Å². The Morgan fingerprint density at radius 2 is 1.91 bits per heavy atom. The number of hydrogen-bond donors (Lipinski definition) is 1. The quantitative estimate of drug-likeness (QED) is 0.262. The number of ether oxygens (including phenoxy) is 1. The summed E-state index contributed by atoms with van der Waals surface area (Å²) < 4.78 is 6.68. The SMILES string of the molecule is CCCCCCOc1ccc(Br)cc1/C=C1/C(=O)NC(=O)N(c2cccc(Cl)c2C)C1=O. The number of rotatable bonds is 8. The summed E-state index contributed by atoms with van der Waals surface area (Å²) in [7, 11) is 0. The van der Waals surface area contributed by atoms with E-state index in [0.29, 0.717) is 34.2 Å². The second kappa shape index (κ2) is 10.8. The van der Waals surface area contributed by atoms with Crippen LogP contribution in [0.1, 0.15) is 43.7 Å². The third-order valence-corrected chi connectivity index (χ3v) is 6.01. The highest BCUT2D eigenvalue weighted by Crippen LogP contribution is 2.31. The van der Waals surface area contributed by atoms with E-state index in [1.807, 2.05) is 6.07 Å². The van der Waals surface area contributed by atoms with E-state index in [2.05, 4.69) is 28.2 Å². The summed E-state index contributed by atoms with van der Waals surface area (Å²) in [6.45, 7) is 4.38. The molecule has 1 fully saturated rings. The third-order valence-electron chi connectivity index (χ3n) is 5.11. The lowest BCUT2D eigenvalue weighted by Gasteiger charge is -2.27. The van der Waals surface area contributed by atoms with Gasteiger partial charge in [0.15, 0.2) is 0 Å². The smallest absolute Gasteiger partial charge is 0.335 e. The topological polar surface area (TPSA) is 75.7 Å². The molecule has 168 valence electrons. The second-order valence-electron chi connectivity index (χ2n) is 7.43. The highest BCUT2D eigenvalue weighted by molar-refractivity contribution is 9.10. The number of halogens is 2. The Morgan fingerprint density at radius 1 is 1.12 bits per heavy atom. The molecule has 1 saturated heterocycles. The molecule has 0 aliphatic carbocycles. The number of hydrogen-bond acceptors (Lipinski definition) is 4. The van der Waals surface area contributed by atoms with Gasteiger partial charge in [-0.05, 0) is 55.3 Å². The molecule has 32 heavy (non-hydrogen) atoms. The number of nitrogens with zero attached hydrogens (tertiary/aromatic N) is 1. The minimum Gasteiger partial charge on any atom is -0.493 e. The predicted molar refractivity (Wildman–Crippen MR) is 129 cm³/mol. The number of urea groups is 1. The van der Waals surface area contributed by atoms with Crippen LogP contribution >= 0.6 is 27.5 Å². The number of amides is 4. The van der Waals surface area contributed by atoms with Gasteiger partial charge in [-0.25, -0.2) is 9.69 Å². The number of benzene rings is 2. The average Bonchev–Trinajstić information content (AvgIpc) is 2.75. The molecule has 8 heteroatoms. The molecule has 0 unspecified atom stereocenters. The van der Waals surface area contributed by atoms with Crippen LogP contribution in [-0.2, 0) is 9.59 Å². The average molecular weight is 520 g/mol. The molecule has 3 rings (SSSR count). The Morgan fingerprint density at radius 3 is 2.66 bits per heavy atom. The molecular formula is C24H24BrClN2O4. The summed E-state index contributed by atoms with van der Waals surface area (Å²) in [5, 5.41) is 2.65. The van der Waals surface area contributed by atoms with Crippen LogP contribution in [0.4, 0.5) is 10.5 Å². The fourth-order valence-electron chi connectivity index (χ4n) is 3.34. The van der Waals surface area contributed by atoms with Crippen molar-refractivity contribution >= 4 is 57.1 Å². The minimum atomic E-state index is -0.816. The Bertz CT molecular complexity index is 1080. The van der Waals surface area contributed by atoms with E-state index in [1.165, 1.54) is 6.08 Å². The first kappa shape index (κ1) is 24.0. The first-order chi connectivity index (χ1) is 15.3. The Hall–Kier alpha value is -2.64. The maximum Gasteiger partial charge on any atom is 0.335 e. The van der Waals surface area contributed by atoms with E-state index in [0.717, 1.165) is 35.1 Å². The van der Waals surface area contributed by atoms with Crippen molar-refractivity contribution in [3.05, 3.63) is 62.6 Å². The summed E-state index contributed by atoms with van der Waals surface area (Å²) in [5.41, 5.74) is 1.27. The molecule has 1 heterocycles. The largest absolute Gasteiger partial charge is 0.493 e. The van der Waals surface area contributed by atoms with Gasteiger partial charge in [0.05, 0.1) is 12.3 Å². The van der Waals surface area contributed by atoms with Crippen LogP contribution < -0.4 is 15.0 Å². The van der Waals surface area contributed by atoms with E-state index < -0.39 is 17.8 Å². The van der Waals surface area contributed by atoms with E-state index in [-0.39, 0.29) is 5.57 Å². The summed E-state index contributed by atoms with van der Waals surface area (Å²) in [6.07, 6.45) is 5.70. The molecule has 0 atom stereocenters. The van der Waals surface area contributed by atoms with Crippen molar-refractivity contribution in [2.75, 3.05) is 11.5 Å². The molecular weight excluding hydrogens is 496 g/mol. The number of unbranched alkanes of at least 4 members (excludes halogenated alkanes) is 3. The Kier molecular flexibility index (Phi) is 8.10. The maximum absolute atomic E-state index is 13.2. The standard InChI is InChI=1S/C24H24BrClN2O4/c1-3-4-5-6-12-32-21-11-10-17(25)13-16(21)14-18-22(29)27-24(31)28(23(18)30)20-9-7-8-19(26)15(20)2/h7-11,13-14H,3-6,12H2,1-2H3,(H,27,29,31)/b18-14-. The molecule has 0 spiro atoms. The van der Waals surface area contributed by atoms with Crippen LogP contribution in [0.5, 0.6) is 5.75 Å². The van der Waals surface area contributed by atoms with Crippen LogP contribution in [0.15, 0.2) is 46.4 Å². The lowest BCUT2D eigenvalue weighted by molar-refractivity contribution is -0.122. The summed E-state index contributed by atoms with van der Waals surface area (Å²) in [5.74, 6) is -0.928. The number of carbonyl (C=O) groups is 3. The first-order valence-corrected chi connectivity index (χ1v) is 11.6. The van der Waals surface area contributed by atoms with Crippen molar-refractivity contribution < 1.29 is 19.1 Å². The lowest BCUT2D eigenvalue weighted by atomic mass is 10.0. The van der Waals surface area contributed by atoms with Gasteiger partial charge >= 0.3 is 6.03 Å². The van der Waals surface area contributed by atoms with Gasteiger partial charge in [-0.1, -0.05) is 59.8 Å². The fraction of sp³-hybridized carbons (Fsp3) is 0.292. The van der Waals surface area contributed by atoms with Gasteiger partial charge in [0.2, 0.25) is 0 Å². The first-order valence-electron chi connectivity index (χ1n) is 10.4. The van der Waals surface area contributed by atoms with Crippen molar-refractivity contribution in [2.45, 2.75) is 39.5 Å². The van der Waals surface area contributed by atoms with Gasteiger partial charge in [-0.2, -0.15) is 0 Å². The zero-order chi connectivity index (χ0) is 23.3. The second-order valence-corrected chi connectivity index (χ2v) is 8.76. The van der Waals surface area contributed by atoms with E-state index in [1.54, 1.807) is 37.3 Å². The molecule has 2 aromatic carbocycles. The van der Waals surface area contributed by atoms with Gasteiger partial charge < -0.3 is 4.74 Å². The van der Waals surface area contributed by atoms with Crippen LogP contribution in [0, 0.1) is 6.92 Å². The van der Waals surface area contributed by atoms with Crippen molar-refractivity contribution in [3.63, 3.8) is 0 Å². The van der Waals surface area contributed by atoms with Crippen LogP contribution in [0.25, 0.3) is 6.08 Å². The molecule has 0 radical (unpaired) electrons. The zero-order valence-electron chi connectivity index (χ0n) is 17.9. The monoisotopic (exact) mass is 518 g/mol. The summed E-state index contributed by atoms with van der Waals surface area (Å²) in [4.78, 5) is 39.2. The molecule has 1 aliphatic heterocycles. The zero-order valence-corrected chi connectivity index (χ0v) is 20.3. The van der Waals surface area contributed by atoms with Crippen molar-refractivity contribution in [1.29, 1.82) is 0 Å². The van der Waals surface area contributed by atoms with Crippen LogP contribution in [0.2, 0.25) is 5.02 Å². The maximum atomic E-state index is 13.2. The van der Waals surface area contributed by atoms with Gasteiger partial charge in [0.25, 0.3) is 11.8 Å². The number of barbiturate groups is 1. The predicted octanol–water partition coefficient (Wildman–Crippen LogP) is 6.04.